The molecule has 18 atom stereocenters. The van der Waals surface area contributed by atoms with Crippen LogP contribution in [0.1, 0.15) is 109 Å². The number of rotatable bonds is 11. The zero-order valence-electron chi connectivity index (χ0n) is 38.7. The summed E-state index contributed by atoms with van der Waals surface area (Å²) in [5, 5.41) is 67.9. The van der Waals surface area contributed by atoms with E-state index in [4.69, 9.17) is 28.4 Å². The molecule has 336 valence electrons. The number of hydrogen-bond acceptors (Lipinski definition) is 15. The van der Waals surface area contributed by atoms with Crippen LogP contribution in [-0.4, -0.2) is 177 Å². The Balaban J connectivity index is 0.00000870. The summed E-state index contributed by atoms with van der Waals surface area (Å²) in [7, 11) is 5.13. The third kappa shape index (κ3) is 12.8. The van der Waals surface area contributed by atoms with Gasteiger partial charge in [-0.15, -0.1) is 0 Å². The Morgan fingerprint density at radius 3 is 2.19 bits per heavy atom. The fraction of sp³-hybridized carbons (Fsp3) is 0.951. The van der Waals surface area contributed by atoms with Gasteiger partial charge in [-0.3, -0.25) is 9.59 Å². The predicted molar refractivity (Wildman–Crippen MR) is 211 cm³/mol. The fourth-order valence-corrected chi connectivity index (χ4v) is 9.31. The summed E-state index contributed by atoms with van der Waals surface area (Å²) < 4.78 is 37.7. The molecular formula is C41H77LiN2O14. The van der Waals surface area contributed by atoms with E-state index in [1.54, 1.807) is 48.5 Å². The molecule has 0 amide bonds. The maximum Gasteiger partial charge on any atom is 1.00 e. The van der Waals surface area contributed by atoms with Crippen LogP contribution in [0.3, 0.4) is 0 Å². The number of esters is 1. The molecule has 0 aliphatic carbocycles. The van der Waals surface area contributed by atoms with Gasteiger partial charge >= 0.3 is 30.8 Å². The molecule has 3 fully saturated rings. The van der Waals surface area contributed by atoms with E-state index in [0.717, 1.165) is 0 Å². The molecule has 6 N–H and O–H groups in total. The van der Waals surface area contributed by atoms with E-state index in [1.807, 2.05) is 37.7 Å². The minimum Gasteiger partial charge on any atom is -1.00 e. The van der Waals surface area contributed by atoms with Crippen LogP contribution in [0.5, 0.6) is 0 Å². The van der Waals surface area contributed by atoms with Gasteiger partial charge in [0.15, 0.2) is 12.6 Å². The number of ether oxygens (including phenoxy) is 6. The topological polar surface area (TPSA) is 217 Å². The standard InChI is InChI=1S/C41H76N2O14.Li.H/c1-14-29-41(10,51)34(47)26(6)43(12)21-22(2)19-39(8,50)36(57-38-32(46)28(18-23(3)53-38)42(11)17-15-16-30(44)45)24(4)33(25(5)37(49)55-29)56-31-20-40(9,52-13)35(48)27(7)54-31;;/h22-29,31-36,38,46-48,50-51H,14-21H2,1-13H3,(H,44,45);;/q;+1;-1. The Labute approximate surface area is 359 Å². The number of likely N-dealkylation sites (N-methyl/N-ethyl adjacent to an activating group) is 2. The van der Waals surface area contributed by atoms with Gasteiger partial charge in [0.25, 0.3) is 0 Å². The molecule has 16 nitrogen and oxygen atoms in total. The number of carbonyl (C=O) groups is 2. The molecule has 3 saturated heterocycles. The Morgan fingerprint density at radius 2 is 1.62 bits per heavy atom. The second-order valence-corrected chi connectivity index (χ2v) is 18.2. The molecule has 58 heavy (non-hydrogen) atoms. The van der Waals surface area contributed by atoms with E-state index in [0.29, 0.717) is 25.9 Å². The quantitative estimate of drug-likeness (QED) is 0.112. The van der Waals surface area contributed by atoms with Gasteiger partial charge < -0.3 is 70.3 Å². The van der Waals surface area contributed by atoms with Crippen LogP contribution in [0.25, 0.3) is 0 Å². The van der Waals surface area contributed by atoms with Crippen molar-refractivity contribution in [3.05, 3.63) is 0 Å². The number of cyclic esters (lactones) is 1. The van der Waals surface area contributed by atoms with Crippen LogP contribution >= 0.6 is 0 Å². The summed E-state index contributed by atoms with van der Waals surface area (Å²) in [5.74, 6) is -3.70. The van der Waals surface area contributed by atoms with Gasteiger partial charge in [-0.25, -0.2) is 0 Å². The van der Waals surface area contributed by atoms with Gasteiger partial charge in [-0.1, -0.05) is 20.8 Å². The number of aliphatic hydroxyl groups excluding tert-OH is 3. The first-order valence-electron chi connectivity index (χ1n) is 20.8. The Bertz CT molecular complexity index is 1300. The van der Waals surface area contributed by atoms with E-state index in [2.05, 4.69) is 0 Å². The summed E-state index contributed by atoms with van der Waals surface area (Å²) in [6.45, 7) is 18.1. The average Bonchev–Trinajstić information content (AvgIpc) is 3.12. The first-order chi connectivity index (χ1) is 26.3. The van der Waals surface area contributed by atoms with Crippen LogP contribution in [-0.2, 0) is 38.0 Å². The van der Waals surface area contributed by atoms with Gasteiger partial charge in [0.1, 0.15) is 30.0 Å². The van der Waals surface area contributed by atoms with E-state index >= 15 is 0 Å². The molecule has 0 saturated carbocycles. The molecule has 18 unspecified atom stereocenters. The van der Waals surface area contributed by atoms with Crippen molar-refractivity contribution in [2.24, 2.45) is 17.8 Å². The van der Waals surface area contributed by atoms with E-state index in [1.165, 1.54) is 14.0 Å². The minimum atomic E-state index is -1.83. The number of hydrogen-bond donors (Lipinski definition) is 6. The van der Waals surface area contributed by atoms with E-state index < -0.39 is 108 Å². The number of methoxy groups -OCH3 is 1. The normalized spacial score (nSPS) is 45.4. The van der Waals surface area contributed by atoms with Crippen molar-refractivity contribution in [1.82, 2.24) is 9.80 Å². The summed E-state index contributed by atoms with van der Waals surface area (Å²) in [5.41, 5.74) is -4.52. The van der Waals surface area contributed by atoms with Crippen LogP contribution < -0.4 is 18.9 Å². The molecule has 0 bridgehead atoms. The van der Waals surface area contributed by atoms with Crippen molar-refractivity contribution in [3.63, 3.8) is 0 Å². The number of carboxylic acid groups (broad SMARTS) is 1. The Hall–Kier alpha value is -0.943. The first kappa shape index (κ1) is 53.2. The smallest absolute Gasteiger partial charge is 1.00 e. The summed E-state index contributed by atoms with van der Waals surface area (Å²) >= 11 is 0. The number of carboxylic acids is 1. The third-order valence-electron chi connectivity index (χ3n) is 13.0. The van der Waals surface area contributed by atoms with Crippen LogP contribution in [0.2, 0.25) is 0 Å². The van der Waals surface area contributed by atoms with E-state index in [9.17, 15) is 40.2 Å². The second-order valence-electron chi connectivity index (χ2n) is 18.2. The number of carbonyl (C=O) groups excluding carboxylic acids is 1. The maximum atomic E-state index is 14.3. The fourth-order valence-electron chi connectivity index (χ4n) is 9.31. The van der Waals surface area contributed by atoms with Crippen molar-refractivity contribution in [2.45, 2.75) is 198 Å². The van der Waals surface area contributed by atoms with Crippen molar-refractivity contribution in [3.8, 4) is 0 Å². The van der Waals surface area contributed by atoms with Crippen LogP contribution in [0, 0.1) is 17.8 Å². The zero-order chi connectivity index (χ0) is 43.4. The monoisotopic (exact) mass is 829 g/mol. The Morgan fingerprint density at radius 1 is 1.00 bits per heavy atom. The molecule has 0 aromatic rings. The Kier molecular flexibility index (Phi) is 20.1. The third-order valence-corrected chi connectivity index (χ3v) is 13.0. The molecule has 0 spiro atoms. The van der Waals surface area contributed by atoms with Crippen LogP contribution in [0.4, 0.5) is 0 Å². The summed E-state index contributed by atoms with van der Waals surface area (Å²) in [6, 6.07) is -1.03. The van der Waals surface area contributed by atoms with Crippen molar-refractivity contribution >= 4 is 11.9 Å². The summed E-state index contributed by atoms with van der Waals surface area (Å²) in [4.78, 5) is 29.3. The molecule has 3 heterocycles. The SMILES string of the molecule is CCC1OC(=O)C(C)C(OC2CC(C)(OC)C(O)C(C)O2)C(C)C(OC2OC(C)CC(N(C)CCCC(=O)O)C2O)C(C)(O)CC(C)CN(C)C(C)C(O)C1(C)O.[H-].[Li+]. The average molecular weight is 829 g/mol. The van der Waals surface area contributed by atoms with Gasteiger partial charge in [-0.05, 0) is 101 Å². The van der Waals surface area contributed by atoms with Crippen molar-refractivity contribution < 1.29 is 88.9 Å². The molecule has 3 aliphatic rings. The predicted octanol–water partition coefficient (Wildman–Crippen LogP) is -0.748. The van der Waals surface area contributed by atoms with Crippen molar-refractivity contribution in [2.75, 3.05) is 34.3 Å². The molecule has 17 heteroatoms. The van der Waals surface area contributed by atoms with Gasteiger partial charge in [0.05, 0.1) is 41.5 Å². The zero-order valence-corrected chi connectivity index (χ0v) is 37.7. The van der Waals surface area contributed by atoms with E-state index in [-0.39, 0.29) is 58.0 Å². The number of nitrogens with zero attached hydrogens (tertiary/aromatic N) is 2. The molecular weight excluding hydrogens is 751 g/mol. The molecule has 3 aliphatic heterocycles. The largest absolute Gasteiger partial charge is 1.00 e. The van der Waals surface area contributed by atoms with Gasteiger partial charge in [0, 0.05) is 44.5 Å². The molecule has 0 aromatic carbocycles. The second kappa shape index (κ2) is 21.9. The van der Waals surface area contributed by atoms with Gasteiger partial charge in [0.2, 0.25) is 0 Å². The molecule has 0 aromatic heterocycles. The first-order valence-corrected chi connectivity index (χ1v) is 20.8. The van der Waals surface area contributed by atoms with Gasteiger partial charge in [-0.2, -0.15) is 0 Å². The number of aliphatic carboxylic acids is 1. The maximum absolute atomic E-state index is 14.3. The molecule has 0 radical (unpaired) electrons. The minimum absolute atomic E-state index is 0. The summed E-state index contributed by atoms with van der Waals surface area (Å²) in [6.07, 6.45) is -8.78. The van der Waals surface area contributed by atoms with Crippen LogP contribution in [0.15, 0.2) is 0 Å². The number of aliphatic hydroxyl groups is 5. The molecule has 3 rings (SSSR count). The van der Waals surface area contributed by atoms with Crippen molar-refractivity contribution in [1.29, 1.82) is 0 Å².